The summed E-state index contributed by atoms with van der Waals surface area (Å²) in [6.45, 7) is 1.30. The fraction of sp³-hybridized carbons (Fsp3) is 0.680. The number of hydrogen-bond acceptors (Lipinski definition) is 4. The van der Waals surface area contributed by atoms with Gasteiger partial charge in [-0.2, -0.15) is 0 Å². The highest BCUT2D eigenvalue weighted by atomic mass is 32.2. The van der Waals surface area contributed by atoms with Crippen molar-refractivity contribution >= 4 is 23.6 Å². The summed E-state index contributed by atoms with van der Waals surface area (Å²) in [6, 6.07) is 7.94. The van der Waals surface area contributed by atoms with Crippen LogP contribution < -0.4 is 5.32 Å². The highest BCUT2D eigenvalue weighted by molar-refractivity contribution is 8.00. The molecule has 2 aliphatic rings. The van der Waals surface area contributed by atoms with Crippen LogP contribution in [0.25, 0.3) is 0 Å². The molecule has 0 unspecified atom stereocenters. The third kappa shape index (κ3) is 7.83. The maximum Gasteiger partial charge on any atom is 0.252 e. The van der Waals surface area contributed by atoms with Crippen LogP contribution in [0, 0.1) is 0 Å². The second-order valence-electron chi connectivity index (χ2n) is 8.82. The standard InChI is InChI=1S/C25H38N2O3S/c1-27(20-11-4-2-5-12-20)24(28)19-31-23-16-9-8-15-22(23)25(29)26-17-10-18-30-21-13-6-3-7-14-21/h8-9,15-16,20-21H,2-7,10-14,17-19H2,1H3,(H,26,29). The van der Waals surface area contributed by atoms with Crippen molar-refractivity contribution in [2.75, 3.05) is 26.0 Å². The SMILES string of the molecule is CN(C(=O)CSc1ccccc1C(=O)NCCCOC1CCCCC1)C1CCCCC1. The summed E-state index contributed by atoms with van der Waals surface area (Å²) in [5.74, 6) is 0.438. The second-order valence-corrected chi connectivity index (χ2v) is 9.84. The number of ether oxygens (including phenoxy) is 1. The molecule has 2 saturated carbocycles. The highest BCUT2D eigenvalue weighted by Gasteiger charge is 2.22. The minimum absolute atomic E-state index is 0.0751. The zero-order chi connectivity index (χ0) is 21.9. The highest BCUT2D eigenvalue weighted by Crippen LogP contribution is 2.26. The van der Waals surface area contributed by atoms with Gasteiger partial charge in [0.25, 0.3) is 5.91 Å². The molecule has 0 atom stereocenters. The molecule has 0 radical (unpaired) electrons. The lowest BCUT2D eigenvalue weighted by molar-refractivity contribution is -0.129. The van der Waals surface area contributed by atoms with Crippen LogP contribution in [0.1, 0.15) is 81.0 Å². The topological polar surface area (TPSA) is 58.6 Å². The Morgan fingerprint density at radius 1 is 1.03 bits per heavy atom. The Kier molecular flexibility index (Phi) is 10.2. The fourth-order valence-corrected chi connectivity index (χ4v) is 5.52. The van der Waals surface area contributed by atoms with Crippen molar-refractivity contribution in [2.45, 2.75) is 87.7 Å². The maximum atomic E-state index is 12.7. The Bertz CT molecular complexity index is 700. The smallest absolute Gasteiger partial charge is 0.252 e. The molecule has 1 N–H and O–H groups in total. The van der Waals surface area contributed by atoms with Crippen molar-refractivity contribution in [3.05, 3.63) is 29.8 Å². The first-order valence-electron chi connectivity index (χ1n) is 12.0. The molecule has 0 aliphatic heterocycles. The van der Waals surface area contributed by atoms with Crippen molar-refractivity contribution in [3.8, 4) is 0 Å². The molecule has 2 amide bonds. The van der Waals surface area contributed by atoms with E-state index in [1.165, 1.54) is 63.1 Å². The summed E-state index contributed by atoms with van der Waals surface area (Å²) < 4.78 is 5.93. The Balaban J connectivity index is 1.41. The van der Waals surface area contributed by atoms with Crippen LogP contribution in [-0.4, -0.2) is 54.8 Å². The largest absolute Gasteiger partial charge is 0.378 e. The van der Waals surface area contributed by atoms with E-state index >= 15 is 0 Å². The molecule has 0 spiro atoms. The van der Waals surface area contributed by atoms with Crippen LogP contribution in [0.5, 0.6) is 0 Å². The van der Waals surface area contributed by atoms with Crippen LogP contribution in [0.15, 0.2) is 29.2 Å². The summed E-state index contributed by atoms with van der Waals surface area (Å²) in [5.41, 5.74) is 0.647. The minimum Gasteiger partial charge on any atom is -0.378 e. The van der Waals surface area contributed by atoms with E-state index in [1.807, 2.05) is 36.2 Å². The number of carbonyl (C=O) groups is 2. The summed E-state index contributed by atoms with van der Waals surface area (Å²) >= 11 is 1.46. The average Bonchev–Trinajstić information content (AvgIpc) is 2.83. The van der Waals surface area contributed by atoms with E-state index in [-0.39, 0.29) is 11.8 Å². The van der Waals surface area contributed by atoms with Gasteiger partial charge in [-0.15, -0.1) is 11.8 Å². The van der Waals surface area contributed by atoms with Crippen molar-refractivity contribution in [1.29, 1.82) is 0 Å². The molecule has 0 saturated heterocycles. The molecule has 1 aromatic carbocycles. The van der Waals surface area contributed by atoms with Gasteiger partial charge < -0.3 is 15.0 Å². The average molecular weight is 447 g/mol. The van der Waals surface area contributed by atoms with Gasteiger partial charge in [-0.05, 0) is 44.2 Å². The number of benzene rings is 1. The Labute approximate surface area is 191 Å². The van der Waals surface area contributed by atoms with E-state index in [0.717, 1.165) is 24.2 Å². The van der Waals surface area contributed by atoms with Crippen molar-refractivity contribution in [1.82, 2.24) is 10.2 Å². The molecule has 0 aromatic heterocycles. The van der Waals surface area contributed by atoms with Gasteiger partial charge in [0.15, 0.2) is 0 Å². The number of nitrogens with zero attached hydrogens (tertiary/aromatic N) is 1. The lowest BCUT2D eigenvalue weighted by Gasteiger charge is -2.31. The molecular formula is C25H38N2O3S. The Morgan fingerprint density at radius 2 is 1.71 bits per heavy atom. The summed E-state index contributed by atoms with van der Waals surface area (Å²) in [5, 5.41) is 3.01. The number of hydrogen-bond donors (Lipinski definition) is 1. The van der Waals surface area contributed by atoms with Gasteiger partial charge in [0.1, 0.15) is 0 Å². The summed E-state index contributed by atoms with van der Waals surface area (Å²) in [4.78, 5) is 28.1. The molecule has 6 heteroatoms. The van der Waals surface area contributed by atoms with Crippen LogP contribution in [-0.2, 0) is 9.53 Å². The number of rotatable bonds is 10. The summed E-state index contributed by atoms with van der Waals surface area (Å²) in [6.07, 6.45) is 13.4. The third-order valence-corrected chi connectivity index (χ3v) is 7.57. The van der Waals surface area contributed by atoms with Crippen LogP contribution in [0.4, 0.5) is 0 Å². The van der Waals surface area contributed by atoms with Gasteiger partial charge in [-0.25, -0.2) is 0 Å². The van der Waals surface area contributed by atoms with Gasteiger partial charge in [0, 0.05) is 31.1 Å². The van der Waals surface area contributed by atoms with Crippen LogP contribution in [0.2, 0.25) is 0 Å². The van der Waals surface area contributed by atoms with E-state index in [1.54, 1.807) is 0 Å². The molecule has 2 fully saturated rings. The van der Waals surface area contributed by atoms with E-state index in [4.69, 9.17) is 4.74 Å². The molecule has 172 valence electrons. The minimum atomic E-state index is -0.0751. The van der Waals surface area contributed by atoms with E-state index in [2.05, 4.69) is 5.32 Å². The number of thioether (sulfide) groups is 1. The van der Waals surface area contributed by atoms with E-state index in [9.17, 15) is 9.59 Å². The number of carbonyl (C=O) groups excluding carboxylic acids is 2. The molecule has 5 nitrogen and oxygen atoms in total. The maximum absolute atomic E-state index is 12.7. The fourth-order valence-electron chi connectivity index (χ4n) is 4.54. The molecule has 2 aliphatic carbocycles. The van der Waals surface area contributed by atoms with Crippen molar-refractivity contribution < 1.29 is 14.3 Å². The first-order valence-corrected chi connectivity index (χ1v) is 13.0. The predicted molar refractivity (Wildman–Crippen MR) is 127 cm³/mol. The molecule has 31 heavy (non-hydrogen) atoms. The van der Waals surface area contributed by atoms with E-state index in [0.29, 0.717) is 36.6 Å². The van der Waals surface area contributed by atoms with Crippen LogP contribution in [0.3, 0.4) is 0 Å². The van der Waals surface area contributed by atoms with Gasteiger partial charge in [-0.3, -0.25) is 9.59 Å². The molecular weight excluding hydrogens is 408 g/mol. The second kappa shape index (κ2) is 13.1. The molecule has 0 bridgehead atoms. The lowest BCUT2D eigenvalue weighted by atomic mass is 9.94. The third-order valence-electron chi connectivity index (χ3n) is 6.51. The molecule has 3 rings (SSSR count). The van der Waals surface area contributed by atoms with Crippen LogP contribution >= 0.6 is 11.8 Å². The first-order chi connectivity index (χ1) is 15.1. The number of amides is 2. The normalized spacial score (nSPS) is 18.0. The summed E-state index contributed by atoms with van der Waals surface area (Å²) in [7, 11) is 1.92. The molecule has 1 aromatic rings. The van der Waals surface area contributed by atoms with Gasteiger partial charge in [0.2, 0.25) is 5.91 Å². The van der Waals surface area contributed by atoms with Gasteiger partial charge in [-0.1, -0.05) is 50.7 Å². The lowest BCUT2D eigenvalue weighted by Crippen LogP contribution is -2.39. The van der Waals surface area contributed by atoms with Gasteiger partial charge in [0.05, 0.1) is 17.4 Å². The Morgan fingerprint density at radius 3 is 2.45 bits per heavy atom. The zero-order valence-electron chi connectivity index (χ0n) is 18.9. The van der Waals surface area contributed by atoms with Gasteiger partial charge >= 0.3 is 0 Å². The van der Waals surface area contributed by atoms with Crippen molar-refractivity contribution in [3.63, 3.8) is 0 Å². The quantitative estimate of drug-likeness (QED) is 0.404. The van der Waals surface area contributed by atoms with E-state index < -0.39 is 0 Å². The first kappa shape index (κ1) is 24.1. The molecule has 0 heterocycles. The monoisotopic (exact) mass is 446 g/mol. The Hall–Kier alpha value is -1.53. The zero-order valence-corrected chi connectivity index (χ0v) is 19.8. The predicted octanol–water partition coefficient (Wildman–Crippen LogP) is 5.04. The van der Waals surface area contributed by atoms with Crippen molar-refractivity contribution in [2.24, 2.45) is 0 Å². The number of nitrogens with one attached hydrogen (secondary N) is 1.